The van der Waals surface area contributed by atoms with Gasteiger partial charge in [0.15, 0.2) is 0 Å². The molecule has 1 saturated heterocycles. The maximum atomic E-state index is 6.70. The molecule has 0 amide bonds. The third-order valence-corrected chi connectivity index (χ3v) is 6.13. The van der Waals surface area contributed by atoms with E-state index in [-0.39, 0.29) is 5.60 Å². The molecule has 1 spiro atoms. The van der Waals surface area contributed by atoms with Gasteiger partial charge in [-0.3, -0.25) is 0 Å². The van der Waals surface area contributed by atoms with Crippen LogP contribution in [-0.2, 0) is 6.54 Å². The van der Waals surface area contributed by atoms with Crippen molar-refractivity contribution in [1.82, 2.24) is 5.32 Å². The predicted molar refractivity (Wildman–Crippen MR) is 113 cm³/mol. The second-order valence-corrected chi connectivity index (χ2v) is 8.42. The first-order valence-electron chi connectivity index (χ1n) is 10.5. The van der Waals surface area contributed by atoms with Crippen LogP contribution in [0.4, 0.5) is 5.69 Å². The molecule has 0 aliphatic carbocycles. The van der Waals surface area contributed by atoms with E-state index in [0.29, 0.717) is 5.92 Å². The van der Waals surface area contributed by atoms with Crippen LogP contribution in [0.5, 0.6) is 5.75 Å². The van der Waals surface area contributed by atoms with Crippen LogP contribution >= 0.6 is 0 Å². The predicted octanol–water partition coefficient (Wildman–Crippen LogP) is 5.11. The Kier molecular flexibility index (Phi) is 5.40. The molecule has 2 aliphatic heterocycles. The third-order valence-electron chi connectivity index (χ3n) is 6.13. The molecule has 27 heavy (non-hydrogen) atoms. The summed E-state index contributed by atoms with van der Waals surface area (Å²) in [6.07, 6.45) is 4.52. The van der Waals surface area contributed by atoms with E-state index in [4.69, 9.17) is 4.74 Å². The van der Waals surface area contributed by atoms with Gasteiger partial charge in [-0.15, -0.1) is 0 Å². The summed E-state index contributed by atoms with van der Waals surface area (Å²) in [5.74, 6) is 1.63. The highest BCUT2D eigenvalue weighted by Crippen LogP contribution is 2.40. The number of ether oxygens (including phenoxy) is 1. The number of hydrogen-bond donors (Lipinski definition) is 1. The van der Waals surface area contributed by atoms with Gasteiger partial charge in [-0.2, -0.15) is 0 Å². The van der Waals surface area contributed by atoms with Crippen LogP contribution in [0.15, 0.2) is 48.5 Å². The van der Waals surface area contributed by atoms with Crippen molar-refractivity contribution in [1.29, 1.82) is 0 Å². The van der Waals surface area contributed by atoms with Crippen molar-refractivity contribution in [2.24, 2.45) is 0 Å². The molecule has 3 nitrogen and oxygen atoms in total. The molecule has 3 heteroatoms. The van der Waals surface area contributed by atoms with E-state index in [1.807, 2.05) is 0 Å². The molecule has 1 atom stereocenters. The lowest BCUT2D eigenvalue weighted by molar-refractivity contribution is 0.0539. The van der Waals surface area contributed by atoms with Crippen molar-refractivity contribution in [2.75, 3.05) is 24.5 Å². The summed E-state index contributed by atoms with van der Waals surface area (Å²) in [5.41, 5.74) is 3.99. The van der Waals surface area contributed by atoms with Crippen molar-refractivity contribution < 1.29 is 4.74 Å². The number of nitrogens with one attached hydrogen (secondary N) is 1. The topological polar surface area (TPSA) is 24.5 Å². The number of rotatable bonds is 3. The van der Waals surface area contributed by atoms with Crippen molar-refractivity contribution >= 4 is 5.69 Å². The third kappa shape index (κ3) is 4.14. The lowest BCUT2D eigenvalue weighted by Crippen LogP contribution is -2.38. The minimum Gasteiger partial charge on any atom is -0.485 e. The van der Waals surface area contributed by atoms with Gasteiger partial charge >= 0.3 is 0 Å². The first-order valence-corrected chi connectivity index (χ1v) is 10.5. The fourth-order valence-electron chi connectivity index (χ4n) is 4.39. The minimum atomic E-state index is -0.0180. The van der Waals surface area contributed by atoms with Crippen LogP contribution in [0.1, 0.15) is 56.6 Å². The summed E-state index contributed by atoms with van der Waals surface area (Å²) in [7, 11) is 0. The Morgan fingerprint density at radius 2 is 1.81 bits per heavy atom. The molecule has 1 fully saturated rings. The van der Waals surface area contributed by atoms with Crippen molar-refractivity contribution in [2.45, 2.75) is 57.6 Å². The standard InChI is InChI=1S/C24H32N2O/c1-19(2)21-10-8-20(9-11-21)18-26-17-14-24(12-5-15-25-16-13-24)27-23-7-4-3-6-22(23)26/h3-4,6-11,19,25H,5,12-18H2,1-2H3. The number of benzene rings is 2. The molecule has 2 aromatic carbocycles. The fraction of sp³-hybridized carbons (Fsp3) is 0.500. The van der Waals surface area contributed by atoms with Gasteiger partial charge in [0.05, 0.1) is 5.69 Å². The molecule has 2 heterocycles. The maximum absolute atomic E-state index is 6.70. The Labute approximate surface area is 163 Å². The average molecular weight is 365 g/mol. The van der Waals surface area contributed by atoms with E-state index in [0.717, 1.165) is 51.2 Å². The van der Waals surface area contributed by atoms with Gasteiger partial charge in [0.1, 0.15) is 11.4 Å². The van der Waals surface area contributed by atoms with E-state index in [1.54, 1.807) is 0 Å². The van der Waals surface area contributed by atoms with Crippen LogP contribution in [0.2, 0.25) is 0 Å². The summed E-state index contributed by atoms with van der Waals surface area (Å²) < 4.78 is 6.70. The van der Waals surface area contributed by atoms with Gasteiger partial charge in [-0.05, 0) is 61.5 Å². The SMILES string of the molecule is CC(C)c1ccc(CN2CCC3(CCCNCC3)Oc3ccccc32)cc1. The molecule has 1 N–H and O–H groups in total. The quantitative estimate of drug-likeness (QED) is 0.819. The van der Waals surface area contributed by atoms with Crippen LogP contribution < -0.4 is 15.0 Å². The molecule has 0 radical (unpaired) electrons. The molecular formula is C24H32N2O. The molecule has 144 valence electrons. The van der Waals surface area contributed by atoms with Crippen LogP contribution in [0.3, 0.4) is 0 Å². The van der Waals surface area contributed by atoms with Gasteiger partial charge in [0, 0.05) is 19.5 Å². The van der Waals surface area contributed by atoms with E-state index < -0.39 is 0 Å². The summed E-state index contributed by atoms with van der Waals surface area (Å²) in [6.45, 7) is 8.64. The Balaban J connectivity index is 1.58. The molecule has 2 aromatic rings. The van der Waals surface area contributed by atoms with Gasteiger partial charge < -0.3 is 15.0 Å². The maximum Gasteiger partial charge on any atom is 0.143 e. The Morgan fingerprint density at radius 1 is 1.00 bits per heavy atom. The second-order valence-electron chi connectivity index (χ2n) is 8.42. The highest BCUT2D eigenvalue weighted by Gasteiger charge is 2.36. The summed E-state index contributed by atoms with van der Waals surface area (Å²) in [4.78, 5) is 2.51. The van der Waals surface area contributed by atoms with Gasteiger partial charge in [-0.25, -0.2) is 0 Å². The number of nitrogens with zero attached hydrogens (tertiary/aromatic N) is 1. The van der Waals surface area contributed by atoms with Crippen LogP contribution in [0, 0.1) is 0 Å². The molecular weight excluding hydrogens is 332 g/mol. The van der Waals surface area contributed by atoms with Crippen molar-refractivity contribution in [3.05, 3.63) is 59.7 Å². The van der Waals surface area contributed by atoms with Crippen molar-refractivity contribution in [3.63, 3.8) is 0 Å². The Hall–Kier alpha value is -2.00. The van der Waals surface area contributed by atoms with Gasteiger partial charge in [0.25, 0.3) is 0 Å². The minimum absolute atomic E-state index is 0.0180. The lowest BCUT2D eigenvalue weighted by atomic mass is 9.90. The summed E-state index contributed by atoms with van der Waals surface area (Å²) >= 11 is 0. The Morgan fingerprint density at radius 3 is 2.63 bits per heavy atom. The number of anilines is 1. The zero-order valence-electron chi connectivity index (χ0n) is 16.7. The fourth-order valence-corrected chi connectivity index (χ4v) is 4.39. The zero-order chi connectivity index (χ0) is 18.7. The normalized spacial score (nSPS) is 22.9. The van der Waals surface area contributed by atoms with Gasteiger partial charge in [0.2, 0.25) is 0 Å². The van der Waals surface area contributed by atoms with E-state index in [1.165, 1.54) is 23.2 Å². The molecule has 0 aromatic heterocycles. The van der Waals surface area contributed by atoms with Gasteiger partial charge in [-0.1, -0.05) is 50.2 Å². The number of para-hydroxylation sites is 2. The zero-order valence-corrected chi connectivity index (χ0v) is 16.7. The first kappa shape index (κ1) is 18.4. The summed E-state index contributed by atoms with van der Waals surface area (Å²) in [6, 6.07) is 17.7. The molecule has 0 saturated carbocycles. The lowest BCUT2D eigenvalue weighted by Gasteiger charge is -2.32. The van der Waals surface area contributed by atoms with E-state index >= 15 is 0 Å². The molecule has 1 unspecified atom stereocenters. The van der Waals surface area contributed by atoms with E-state index in [9.17, 15) is 0 Å². The first-order chi connectivity index (χ1) is 13.2. The highest BCUT2D eigenvalue weighted by atomic mass is 16.5. The number of fused-ring (bicyclic) bond motifs is 1. The second kappa shape index (κ2) is 7.93. The monoisotopic (exact) mass is 364 g/mol. The highest BCUT2D eigenvalue weighted by molar-refractivity contribution is 5.59. The average Bonchev–Trinajstić information content (AvgIpc) is 3.00. The van der Waals surface area contributed by atoms with Crippen LogP contribution in [0.25, 0.3) is 0 Å². The largest absolute Gasteiger partial charge is 0.485 e. The van der Waals surface area contributed by atoms with E-state index in [2.05, 4.69) is 72.6 Å². The molecule has 2 aliphatic rings. The number of hydrogen-bond acceptors (Lipinski definition) is 3. The van der Waals surface area contributed by atoms with Crippen molar-refractivity contribution in [3.8, 4) is 5.75 Å². The smallest absolute Gasteiger partial charge is 0.143 e. The molecule has 4 rings (SSSR count). The summed E-state index contributed by atoms with van der Waals surface area (Å²) in [5, 5.41) is 3.53. The van der Waals surface area contributed by atoms with Crippen LogP contribution in [-0.4, -0.2) is 25.2 Å². The Bertz CT molecular complexity index is 745. The molecule has 0 bridgehead atoms.